The number of rotatable bonds is 4. The molecule has 0 aliphatic rings. The van der Waals surface area contributed by atoms with Gasteiger partial charge in [0, 0.05) is 0 Å². The Morgan fingerprint density at radius 2 is 2.00 bits per heavy atom. The van der Waals surface area contributed by atoms with Crippen LogP contribution in [0.5, 0.6) is 0 Å². The number of ether oxygens (including phenoxy) is 1. The lowest BCUT2D eigenvalue weighted by Crippen LogP contribution is -2.13. The summed E-state index contributed by atoms with van der Waals surface area (Å²) < 4.78 is 4.70. The van der Waals surface area contributed by atoms with E-state index in [9.17, 15) is 4.79 Å². The first kappa shape index (κ1) is 15.6. The molecule has 3 aromatic rings. The van der Waals surface area contributed by atoms with Crippen molar-refractivity contribution in [2.45, 2.75) is 6.61 Å². The Morgan fingerprint density at radius 3 is 2.74 bits per heavy atom. The summed E-state index contributed by atoms with van der Waals surface area (Å²) in [6.45, 7) is 0.220. The molecule has 8 heteroatoms. The maximum Gasteiger partial charge on any atom is 0.337 e. The molecule has 0 aliphatic heterocycles. The summed E-state index contributed by atoms with van der Waals surface area (Å²) in [6.07, 6.45) is 0. The van der Waals surface area contributed by atoms with Crippen LogP contribution in [0, 0.1) is 0 Å². The molecular formula is C15H11Cl2N3O3. The van der Waals surface area contributed by atoms with E-state index in [1.165, 1.54) is 12.0 Å². The Morgan fingerprint density at radius 1 is 1.17 bits per heavy atom. The number of hydrogen-bond donors (Lipinski definition) is 0. The quantitative estimate of drug-likeness (QED) is 0.675. The number of aromatic nitrogens is 3. The molecule has 0 N–H and O–H groups in total. The molecule has 3 rings (SSSR count). The van der Waals surface area contributed by atoms with Gasteiger partial charge in [0.1, 0.15) is 17.6 Å². The van der Waals surface area contributed by atoms with Crippen molar-refractivity contribution in [1.29, 1.82) is 0 Å². The van der Waals surface area contributed by atoms with E-state index in [1.54, 1.807) is 36.4 Å². The van der Waals surface area contributed by atoms with Crippen molar-refractivity contribution in [2.75, 3.05) is 7.11 Å². The number of nitrogens with zero attached hydrogens (tertiary/aromatic N) is 3. The second-order valence-electron chi connectivity index (χ2n) is 4.68. The topological polar surface area (TPSA) is 66.2 Å². The van der Waals surface area contributed by atoms with Crippen LogP contribution in [-0.4, -0.2) is 28.2 Å². The zero-order valence-electron chi connectivity index (χ0n) is 12.0. The summed E-state index contributed by atoms with van der Waals surface area (Å²) in [6, 6.07) is 10.1. The van der Waals surface area contributed by atoms with Gasteiger partial charge in [-0.25, -0.2) is 4.79 Å². The molecular weight excluding hydrogens is 341 g/mol. The molecule has 0 fully saturated rings. The molecule has 118 valence electrons. The third kappa shape index (κ3) is 3.23. The number of halogens is 2. The average molecular weight is 352 g/mol. The van der Waals surface area contributed by atoms with Gasteiger partial charge in [-0.2, -0.15) is 0 Å². The Hall–Kier alpha value is -2.31. The van der Waals surface area contributed by atoms with Gasteiger partial charge in [0.05, 0.1) is 22.7 Å². The Balaban J connectivity index is 1.84. The van der Waals surface area contributed by atoms with Crippen molar-refractivity contribution in [3.8, 4) is 0 Å². The third-order valence-corrected chi connectivity index (χ3v) is 3.91. The molecule has 0 saturated carbocycles. The first-order valence-corrected chi connectivity index (χ1v) is 7.35. The number of hydrogen-bond acceptors (Lipinski definition) is 5. The molecule has 0 aliphatic carbocycles. The summed E-state index contributed by atoms with van der Waals surface area (Å²) in [4.78, 5) is 18.5. The smallest absolute Gasteiger partial charge is 0.337 e. The summed E-state index contributed by atoms with van der Waals surface area (Å²) in [5, 5.41) is 8.81. The molecule has 23 heavy (non-hydrogen) atoms. The van der Waals surface area contributed by atoms with Gasteiger partial charge in [-0.05, 0) is 41.1 Å². The van der Waals surface area contributed by atoms with Crippen LogP contribution in [0.1, 0.15) is 15.9 Å². The molecule has 0 unspecified atom stereocenters. The lowest BCUT2D eigenvalue weighted by Gasteiger charge is -2.07. The highest BCUT2D eigenvalue weighted by Gasteiger charge is 2.11. The lowest BCUT2D eigenvalue weighted by atomic mass is 10.2. The molecule has 0 radical (unpaired) electrons. The lowest BCUT2D eigenvalue weighted by molar-refractivity contribution is 0.0600. The van der Waals surface area contributed by atoms with Gasteiger partial charge < -0.3 is 9.57 Å². The fourth-order valence-corrected chi connectivity index (χ4v) is 2.32. The van der Waals surface area contributed by atoms with Crippen LogP contribution >= 0.6 is 23.2 Å². The van der Waals surface area contributed by atoms with Crippen LogP contribution in [0.4, 0.5) is 0 Å². The standard InChI is InChI=1S/C15H11Cl2N3O3/c1-22-15(21)10-3-5-13-14(7-10)20(19-18-13)23-8-9-2-4-11(16)12(17)6-9/h2-7H,8H2,1H3. The zero-order chi connectivity index (χ0) is 16.4. The van der Waals surface area contributed by atoms with Gasteiger partial charge in [-0.15, -0.1) is 5.10 Å². The van der Waals surface area contributed by atoms with Gasteiger partial charge in [-0.3, -0.25) is 0 Å². The van der Waals surface area contributed by atoms with Crippen molar-refractivity contribution in [3.05, 3.63) is 57.6 Å². The summed E-state index contributed by atoms with van der Waals surface area (Å²) >= 11 is 11.8. The van der Waals surface area contributed by atoms with Gasteiger partial charge in [0.2, 0.25) is 0 Å². The van der Waals surface area contributed by atoms with Crippen LogP contribution in [0.15, 0.2) is 36.4 Å². The molecule has 0 spiro atoms. The van der Waals surface area contributed by atoms with Crippen molar-refractivity contribution in [3.63, 3.8) is 0 Å². The van der Waals surface area contributed by atoms with E-state index in [1.807, 2.05) is 0 Å². The number of carbonyl (C=O) groups excluding carboxylic acids is 1. The maximum atomic E-state index is 11.6. The van der Waals surface area contributed by atoms with E-state index in [0.717, 1.165) is 5.56 Å². The molecule has 2 aromatic carbocycles. The highest BCUT2D eigenvalue weighted by atomic mass is 35.5. The molecule has 0 amide bonds. The molecule has 0 bridgehead atoms. The predicted octanol–water partition coefficient (Wildman–Crippen LogP) is 3.15. The predicted molar refractivity (Wildman–Crippen MR) is 85.6 cm³/mol. The summed E-state index contributed by atoms with van der Waals surface area (Å²) in [5.74, 6) is -0.441. The minimum absolute atomic E-state index is 0.220. The fourth-order valence-electron chi connectivity index (χ4n) is 2.00. The van der Waals surface area contributed by atoms with E-state index in [2.05, 4.69) is 10.3 Å². The molecule has 6 nitrogen and oxygen atoms in total. The second kappa shape index (κ2) is 6.44. The van der Waals surface area contributed by atoms with E-state index < -0.39 is 5.97 Å². The van der Waals surface area contributed by atoms with Crippen LogP contribution in [0.3, 0.4) is 0 Å². The van der Waals surface area contributed by atoms with Gasteiger partial charge in [0.15, 0.2) is 0 Å². The minimum Gasteiger partial charge on any atom is -0.465 e. The fraction of sp³-hybridized carbons (Fsp3) is 0.133. The van der Waals surface area contributed by atoms with Crippen molar-refractivity contribution in [1.82, 2.24) is 15.2 Å². The SMILES string of the molecule is COC(=O)c1ccc2nnn(OCc3ccc(Cl)c(Cl)c3)c2c1. The zero-order valence-corrected chi connectivity index (χ0v) is 13.5. The van der Waals surface area contributed by atoms with Crippen LogP contribution in [0.2, 0.25) is 10.0 Å². The number of fused-ring (bicyclic) bond motifs is 1. The molecule has 0 saturated heterocycles. The highest BCUT2D eigenvalue weighted by molar-refractivity contribution is 6.42. The summed E-state index contributed by atoms with van der Waals surface area (Å²) in [7, 11) is 1.32. The number of methoxy groups -OCH3 is 1. The number of esters is 1. The first-order chi connectivity index (χ1) is 11.1. The largest absolute Gasteiger partial charge is 0.465 e. The normalized spacial score (nSPS) is 10.7. The van der Waals surface area contributed by atoms with Crippen molar-refractivity contribution >= 4 is 40.2 Å². The van der Waals surface area contributed by atoms with Gasteiger partial charge >= 0.3 is 5.97 Å². The first-order valence-electron chi connectivity index (χ1n) is 6.59. The monoisotopic (exact) mass is 351 g/mol. The van der Waals surface area contributed by atoms with Crippen LogP contribution < -0.4 is 4.84 Å². The number of carbonyl (C=O) groups is 1. The third-order valence-electron chi connectivity index (χ3n) is 3.17. The van der Waals surface area contributed by atoms with Gasteiger partial charge in [0.25, 0.3) is 0 Å². The Bertz CT molecular complexity index is 880. The van der Waals surface area contributed by atoms with Crippen molar-refractivity contribution in [2.24, 2.45) is 0 Å². The van der Waals surface area contributed by atoms with Crippen LogP contribution in [-0.2, 0) is 11.3 Å². The van der Waals surface area contributed by atoms with E-state index in [4.69, 9.17) is 32.8 Å². The molecule has 0 atom stereocenters. The second-order valence-corrected chi connectivity index (χ2v) is 5.49. The minimum atomic E-state index is -0.441. The molecule has 1 aromatic heterocycles. The number of benzene rings is 2. The Kier molecular flexibility index (Phi) is 4.36. The van der Waals surface area contributed by atoms with E-state index in [-0.39, 0.29) is 6.61 Å². The maximum absolute atomic E-state index is 11.6. The van der Waals surface area contributed by atoms with Crippen LogP contribution in [0.25, 0.3) is 11.0 Å². The van der Waals surface area contributed by atoms with E-state index >= 15 is 0 Å². The van der Waals surface area contributed by atoms with Gasteiger partial charge in [-0.1, -0.05) is 34.1 Å². The Labute approximate surface area is 141 Å². The molecule has 1 heterocycles. The van der Waals surface area contributed by atoms with Crippen molar-refractivity contribution < 1.29 is 14.4 Å². The highest BCUT2D eigenvalue weighted by Crippen LogP contribution is 2.22. The summed E-state index contributed by atoms with van der Waals surface area (Å²) in [5.41, 5.74) is 2.38. The van der Waals surface area contributed by atoms with E-state index in [0.29, 0.717) is 26.6 Å². The average Bonchev–Trinajstić information content (AvgIpc) is 2.97.